The van der Waals surface area contributed by atoms with Crippen molar-refractivity contribution in [3.8, 4) is 0 Å². The molecule has 0 radical (unpaired) electrons. The first-order valence-electron chi connectivity index (χ1n) is 5.50. The Balaban J connectivity index is 3.11. The minimum absolute atomic E-state index is 0.0589. The molecule has 1 unspecified atom stereocenters. The van der Waals surface area contributed by atoms with E-state index in [0.717, 1.165) is 4.31 Å². The molecule has 18 heavy (non-hydrogen) atoms. The van der Waals surface area contributed by atoms with Crippen LogP contribution in [0, 0.1) is 0 Å². The maximum Gasteiger partial charge on any atom is 0.242 e. The van der Waals surface area contributed by atoms with Gasteiger partial charge in [0.25, 0.3) is 0 Å². The highest BCUT2D eigenvalue weighted by Crippen LogP contribution is 2.24. The quantitative estimate of drug-likeness (QED) is 0.627. The lowest BCUT2D eigenvalue weighted by molar-refractivity contribution is 0.521. The number of nitrogens with zero attached hydrogens (tertiary/aromatic N) is 1. The lowest BCUT2D eigenvalue weighted by Crippen LogP contribution is -2.22. The number of rotatable bonds is 5. The molecule has 1 aromatic carbocycles. The highest BCUT2D eigenvalue weighted by atomic mass is 32.2. The molecule has 0 aliphatic rings. The Morgan fingerprint density at radius 3 is 2.50 bits per heavy atom. The van der Waals surface area contributed by atoms with Gasteiger partial charge in [-0.1, -0.05) is 6.08 Å². The van der Waals surface area contributed by atoms with Crippen LogP contribution in [-0.2, 0) is 10.0 Å². The SMILES string of the molecule is C=CC(C)Nc1ccc(S(=O)(=O)N(C)C)cc1N. The lowest BCUT2D eigenvalue weighted by atomic mass is 10.2. The predicted molar refractivity (Wildman–Crippen MR) is 75.0 cm³/mol. The summed E-state index contributed by atoms with van der Waals surface area (Å²) in [7, 11) is -0.478. The standard InChI is InChI=1S/C12H19N3O2S/c1-5-9(2)14-12-7-6-10(8-11(12)13)18(16,17)15(3)4/h5-9,14H,1,13H2,2-4H3. The number of nitrogens with two attached hydrogens (primary N) is 1. The Morgan fingerprint density at radius 2 is 2.06 bits per heavy atom. The zero-order valence-corrected chi connectivity index (χ0v) is 11.7. The minimum atomic E-state index is -3.44. The van der Waals surface area contributed by atoms with E-state index in [2.05, 4.69) is 11.9 Å². The van der Waals surface area contributed by atoms with Crippen LogP contribution in [0.2, 0.25) is 0 Å². The van der Waals surface area contributed by atoms with Crippen LogP contribution < -0.4 is 11.1 Å². The molecule has 0 amide bonds. The molecule has 0 saturated heterocycles. The van der Waals surface area contributed by atoms with E-state index < -0.39 is 10.0 Å². The van der Waals surface area contributed by atoms with Gasteiger partial charge < -0.3 is 11.1 Å². The van der Waals surface area contributed by atoms with Crippen LogP contribution in [0.5, 0.6) is 0 Å². The average molecular weight is 269 g/mol. The Kier molecular flexibility index (Phi) is 4.37. The Morgan fingerprint density at radius 1 is 1.44 bits per heavy atom. The van der Waals surface area contributed by atoms with Crippen molar-refractivity contribution in [3.05, 3.63) is 30.9 Å². The summed E-state index contributed by atoms with van der Waals surface area (Å²) in [5, 5.41) is 3.12. The van der Waals surface area contributed by atoms with Gasteiger partial charge in [0, 0.05) is 20.1 Å². The first-order valence-corrected chi connectivity index (χ1v) is 6.94. The molecular formula is C12H19N3O2S. The fraction of sp³-hybridized carbons (Fsp3) is 0.333. The molecule has 0 aliphatic heterocycles. The smallest absolute Gasteiger partial charge is 0.242 e. The van der Waals surface area contributed by atoms with E-state index in [1.807, 2.05) is 6.92 Å². The molecule has 0 saturated carbocycles. The molecule has 0 aromatic heterocycles. The molecule has 3 N–H and O–H groups in total. The highest BCUT2D eigenvalue weighted by Gasteiger charge is 2.18. The number of nitrogens with one attached hydrogen (secondary N) is 1. The first kappa shape index (κ1) is 14.5. The maximum absolute atomic E-state index is 11.9. The van der Waals surface area contributed by atoms with Gasteiger partial charge in [-0.25, -0.2) is 12.7 Å². The number of hydrogen-bond donors (Lipinski definition) is 2. The summed E-state index contributed by atoms with van der Waals surface area (Å²) in [6.45, 7) is 5.59. The molecule has 1 aromatic rings. The molecule has 1 atom stereocenters. The summed E-state index contributed by atoms with van der Waals surface area (Å²) in [6.07, 6.45) is 1.74. The normalized spacial score (nSPS) is 13.3. The third-order valence-electron chi connectivity index (χ3n) is 2.54. The van der Waals surface area contributed by atoms with Crippen LogP contribution in [0.3, 0.4) is 0 Å². The zero-order chi connectivity index (χ0) is 13.9. The first-order chi connectivity index (χ1) is 8.28. The summed E-state index contributed by atoms with van der Waals surface area (Å²) in [4.78, 5) is 0.182. The number of anilines is 2. The minimum Gasteiger partial charge on any atom is -0.397 e. The van der Waals surface area contributed by atoms with Crippen molar-refractivity contribution in [3.63, 3.8) is 0 Å². The summed E-state index contributed by atoms with van der Waals surface area (Å²) in [5.41, 5.74) is 6.93. The van der Waals surface area contributed by atoms with Crippen molar-refractivity contribution >= 4 is 21.4 Å². The van der Waals surface area contributed by atoms with Crippen LogP contribution >= 0.6 is 0 Å². The van der Waals surface area contributed by atoms with Crippen LogP contribution in [0.1, 0.15) is 6.92 Å². The van der Waals surface area contributed by atoms with E-state index >= 15 is 0 Å². The molecule has 0 fully saturated rings. The van der Waals surface area contributed by atoms with Crippen molar-refractivity contribution in [2.75, 3.05) is 25.1 Å². The molecule has 0 spiro atoms. The van der Waals surface area contributed by atoms with Crippen LogP contribution in [0.4, 0.5) is 11.4 Å². The van der Waals surface area contributed by atoms with Crippen molar-refractivity contribution < 1.29 is 8.42 Å². The number of benzene rings is 1. The van der Waals surface area contributed by atoms with Gasteiger partial charge in [0.1, 0.15) is 0 Å². The second-order valence-corrected chi connectivity index (χ2v) is 6.36. The van der Waals surface area contributed by atoms with E-state index in [-0.39, 0.29) is 10.9 Å². The molecule has 0 bridgehead atoms. The fourth-order valence-electron chi connectivity index (χ4n) is 1.35. The second kappa shape index (κ2) is 5.41. The number of nitrogen functional groups attached to an aromatic ring is 1. The maximum atomic E-state index is 11.9. The molecule has 6 heteroatoms. The Labute approximate surface area is 108 Å². The van der Waals surface area contributed by atoms with E-state index in [1.54, 1.807) is 12.1 Å². The molecule has 5 nitrogen and oxygen atoms in total. The van der Waals surface area contributed by atoms with Crippen LogP contribution in [0.15, 0.2) is 35.7 Å². The van der Waals surface area contributed by atoms with Crippen molar-refractivity contribution in [2.24, 2.45) is 0 Å². The lowest BCUT2D eigenvalue weighted by Gasteiger charge is -2.16. The van der Waals surface area contributed by atoms with Gasteiger partial charge in [-0.15, -0.1) is 6.58 Å². The van der Waals surface area contributed by atoms with Gasteiger partial charge in [-0.2, -0.15) is 0 Å². The molecular weight excluding hydrogens is 250 g/mol. The molecule has 0 heterocycles. The predicted octanol–water partition coefficient (Wildman–Crippen LogP) is 1.51. The van der Waals surface area contributed by atoms with Gasteiger partial charge in [0.2, 0.25) is 10.0 Å². The van der Waals surface area contributed by atoms with Gasteiger partial charge in [-0.3, -0.25) is 0 Å². The van der Waals surface area contributed by atoms with Crippen LogP contribution in [0.25, 0.3) is 0 Å². The molecule has 100 valence electrons. The average Bonchev–Trinajstić information content (AvgIpc) is 2.31. The van der Waals surface area contributed by atoms with E-state index in [0.29, 0.717) is 11.4 Å². The van der Waals surface area contributed by atoms with Gasteiger partial charge in [-0.05, 0) is 25.1 Å². The third kappa shape index (κ3) is 3.02. The van der Waals surface area contributed by atoms with Crippen molar-refractivity contribution in [1.29, 1.82) is 0 Å². The van der Waals surface area contributed by atoms with Gasteiger partial charge in [0.05, 0.1) is 16.3 Å². The third-order valence-corrected chi connectivity index (χ3v) is 4.35. The highest BCUT2D eigenvalue weighted by molar-refractivity contribution is 7.89. The van der Waals surface area contributed by atoms with Crippen molar-refractivity contribution in [1.82, 2.24) is 4.31 Å². The van der Waals surface area contributed by atoms with Crippen molar-refractivity contribution in [2.45, 2.75) is 17.9 Å². The van der Waals surface area contributed by atoms with Crippen LogP contribution in [-0.4, -0.2) is 32.9 Å². The Bertz CT molecular complexity index is 538. The van der Waals surface area contributed by atoms with E-state index in [1.165, 1.54) is 26.2 Å². The zero-order valence-electron chi connectivity index (χ0n) is 10.8. The number of sulfonamides is 1. The number of hydrogen-bond acceptors (Lipinski definition) is 4. The van der Waals surface area contributed by atoms with Gasteiger partial charge >= 0.3 is 0 Å². The second-order valence-electron chi connectivity index (χ2n) is 4.21. The largest absolute Gasteiger partial charge is 0.397 e. The summed E-state index contributed by atoms with van der Waals surface area (Å²) >= 11 is 0. The van der Waals surface area contributed by atoms with Gasteiger partial charge in [0.15, 0.2) is 0 Å². The summed E-state index contributed by atoms with van der Waals surface area (Å²) in [5.74, 6) is 0. The topological polar surface area (TPSA) is 75.4 Å². The fourth-order valence-corrected chi connectivity index (χ4v) is 2.29. The van der Waals surface area contributed by atoms with E-state index in [9.17, 15) is 8.42 Å². The Hall–Kier alpha value is -1.53. The summed E-state index contributed by atoms with van der Waals surface area (Å²) in [6, 6.07) is 4.70. The molecule has 0 aliphatic carbocycles. The monoisotopic (exact) mass is 269 g/mol. The molecule has 1 rings (SSSR count). The van der Waals surface area contributed by atoms with E-state index in [4.69, 9.17) is 5.73 Å². The summed E-state index contributed by atoms with van der Waals surface area (Å²) < 4.78 is 25.0.